The van der Waals surface area contributed by atoms with Crippen molar-refractivity contribution in [3.8, 4) is 0 Å². The highest BCUT2D eigenvalue weighted by atomic mass is 14.8. The zero-order chi connectivity index (χ0) is 4.12. The van der Waals surface area contributed by atoms with E-state index in [1.54, 1.807) is 6.20 Å². The summed E-state index contributed by atoms with van der Waals surface area (Å²) in [6.07, 6.45) is 3.65. The van der Waals surface area contributed by atoms with E-state index in [0.29, 0.717) is 0 Å². The Balaban J connectivity index is 2.62. The van der Waals surface area contributed by atoms with E-state index in [1.807, 2.05) is 13.0 Å². The molecule has 0 saturated carbocycles. The van der Waals surface area contributed by atoms with Gasteiger partial charge in [0.15, 0.2) is 0 Å². The fourth-order valence-electron chi connectivity index (χ4n) is 0.118. The standard InChI is InChI=1S/C4H8N/c1-3-4-5-2/h3-5H,2H2,1H3/b4-3-. The van der Waals surface area contributed by atoms with E-state index >= 15 is 0 Å². The summed E-state index contributed by atoms with van der Waals surface area (Å²) in [5.74, 6) is 0. The van der Waals surface area contributed by atoms with Gasteiger partial charge in [0, 0.05) is 7.05 Å². The highest BCUT2D eigenvalue weighted by Gasteiger charge is 1.46. The van der Waals surface area contributed by atoms with E-state index in [1.165, 1.54) is 0 Å². The Morgan fingerprint density at radius 1 is 1.80 bits per heavy atom. The molecule has 0 aliphatic heterocycles. The molecule has 0 bridgehead atoms. The lowest BCUT2D eigenvalue weighted by atomic mass is 10.7. The average molecular weight is 70.1 g/mol. The number of nitrogens with one attached hydrogen (secondary N) is 1. The summed E-state index contributed by atoms with van der Waals surface area (Å²) in [5.41, 5.74) is 0. The number of rotatable bonds is 1. The van der Waals surface area contributed by atoms with Gasteiger partial charge >= 0.3 is 0 Å². The summed E-state index contributed by atoms with van der Waals surface area (Å²) in [6.45, 7) is 1.93. The molecule has 1 nitrogen and oxygen atoms in total. The van der Waals surface area contributed by atoms with E-state index in [9.17, 15) is 0 Å². The van der Waals surface area contributed by atoms with Crippen molar-refractivity contribution >= 4 is 0 Å². The monoisotopic (exact) mass is 70.1 g/mol. The first-order valence-corrected chi connectivity index (χ1v) is 1.55. The molecule has 1 N–H and O–H groups in total. The zero-order valence-electron chi connectivity index (χ0n) is 3.36. The third-order valence-corrected chi connectivity index (χ3v) is 0.285. The van der Waals surface area contributed by atoms with E-state index in [-0.39, 0.29) is 0 Å². The second-order valence-electron chi connectivity index (χ2n) is 0.704. The third-order valence-electron chi connectivity index (χ3n) is 0.285. The smallest absolute Gasteiger partial charge is 0.0314 e. The minimum absolute atomic E-state index is 1.76. The summed E-state index contributed by atoms with van der Waals surface area (Å²) < 4.78 is 0. The number of hydrogen-bond donors (Lipinski definition) is 1. The normalized spacial score (nSPS) is 9.20. The van der Waals surface area contributed by atoms with E-state index < -0.39 is 0 Å². The van der Waals surface area contributed by atoms with Crippen LogP contribution in [0, 0.1) is 7.05 Å². The lowest BCUT2D eigenvalue weighted by molar-refractivity contribution is 1.19. The van der Waals surface area contributed by atoms with Gasteiger partial charge in [-0.3, -0.25) is 0 Å². The van der Waals surface area contributed by atoms with Crippen LogP contribution in [-0.2, 0) is 0 Å². The highest BCUT2D eigenvalue weighted by molar-refractivity contribution is 4.72. The second kappa shape index (κ2) is 3.54. The van der Waals surface area contributed by atoms with Gasteiger partial charge in [0.1, 0.15) is 0 Å². The van der Waals surface area contributed by atoms with Gasteiger partial charge in [-0.25, -0.2) is 0 Å². The van der Waals surface area contributed by atoms with Crippen LogP contribution in [0.1, 0.15) is 6.92 Å². The summed E-state index contributed by atoms with van der Waals surface area (Å²) in [6, 6.07) is 0. The van der Waals surface area contributed by atoms with Crippen LogP contribution < -0.4 is 5.32 Å². The Bertz CT molecular complexity index is 30.6. The van der Waals surface area contributed by atoms with Gasteiger partial charge < -0.3 is 5.32 Å². The van der Waals surface area contributed by atoms with E-state index in [0.717, 1.165) is 0 Å². The SMILES string of the molecule is [CH2]N/C=C\C. The van der Waals surface area contributed by atoms with Crippen LogP contribution in [0.2, 0.25) is 0 Å². The molecule has 0 heterocycles. The fourth-order valence-corrected chi connectivity index (χ4v) is 0.118. The molecule has 0 spiro atoms. The summed E-state index contributed by atoms with van der Waals surface area (Å²) in [4.78, 5) is 0. The first kappa shape index (κ1) is 4.54. The molecule has 0 unspecified atom stereocenters. The van der Waals surface area contributed by atoms with E-state index in [4.69, 9.17) is 0 Å². The van der Waals surface area contributed by atoms with Crippen molar-refractivity contribution in [2.24, 2.45) is 0 Å². The van der Waals surface area contributed by atoms with Crippen molar-refractivity contribution in [2.45, 2.75) is 6.92 Å². The minimum atomic E-state index is 1.76. The Labute approximate surface area is 32.7 Å². The second-order valence-corrected chi connectivity index (χ2v) is 0.704. The first-order chi connectivity index (χ1) is 2.41. The Morgan fingerprint density at radius 2 is 2.40 bits per heavy atom. The molecular weight excluding hydrogens is 62.1 g/mol. The van der Waals surface area contributed by atoms with Crippen molar-refractivity contribution in [3.05, 3.63) is 19.3 Å². The summed E-state index contributed by atoms with van der Waals surface area (Å²) >= 11 is 0. The predicted octanol–water partition coefficient (Wildman–Crippen LogP) is 0.901. The molecule has 0 saturated heterocycles. The molecule has 1 radical (unpaired) electrons. The Kier molecular flexibility index (Phi) is 3.21. The van der Waals surface area contributed by atoms with Crippen LogP contribution in [0.4, 0.5) is 0 Å². The highest BCUT2D eigenvalue weighted by Crippen LogP contribution is 1.54. The quantitative estimate of drug-likeness (QED) is 0.483. The van der Waals surface area contributed by atoms with Crippen molar-refractivity contribution in [1.29, 1.82) is 0 Å². The fraction of sp³-hybridized carbons (Fsp3) is 0.250. The molecular formula is C4H8N. The zero-order valence-corrected chi connectivity index (χ0v) is 3.36. The Morgan fingerprint density at radius 3 is 2.40 bits per heavy atom. The first-order valence-electron chi connectivity index (χ1n) is 1.55. The molecule has 0 aliphatic carbocycles. The number of allylic oxidation sites excluding steroid dienone is 1. The van der Waals surface area contributed by atoms with Gasteiger partial charge in [-0.05, 0) is 13.1 Å². The summed E-state index contributed by atoms with van der Waals surface area (Å²) in [5, 5.41) is 2.59. The van der Waals surface area contributed by atoms with Crippen LogP contribution in [0.25, 0.3) is 0 Å². The molecule has 0 aromatic carbocycles. The van der Waals surface area contributed by atoms with Gasteiger partial charge in [-0.1, -0.05) is 6.08 Å². The molecule has 5 heavy (non-hydrogen) atoms. The Hall–Kier alpha value is -0.460. The maximum absolute atomic E-state index is 3.34. The van der Waals surface area contributed by atoms with Gasteiger partial charge in [0.25, 0.3) is 0 Å². The maximum atomic E-state index is 3.34. The average Bonchev–Trinajstić information content (AvgIpc) is 1.41. The molecule has 0 aromatic rings. The van der Waals surface area contributed by atoms with Gasteiger partial charge in [-0.15, -0.1) is 0 Å². The van der Waals surface area contributed by atoms with Gasteiger partial charge in [0.05, 0.1) is 0 Å². The molecule has 29 valence electrons. The largest absolute Gasteiger partial charge is 0.389 e. The van der Waals surface area contributed by atoms with Gasteiger partial charge in [0.2, 0.25) is 0 Å². The topological polar surface area (TPSA) is 12.0 Å². The maximum Gasteiger partial charge on any atom is 0.0314 e. The van der Waals surface area contributed by atoms with Crippen molar-refractivity contribution in [1.82, 2.24) is 5.32 Å². The van der Waals surface area contributed by atoms with Crippen molar-refractivity contribution < 1.29 is 0 Å². The minimum Gasteiger partial charge on any atom is -0.389 e. The van der Waals surface area contributed by atoms with Crippen molar-refractivity contribution in [3.63, 3.8) is 0 Å². The van der Waals surface area contributed by atoms with Gasteiger partial charge in [-0.2, -0.15) is 0 Å². The van der Waals surface area contributed by atoms with Crippen LogP contribution >= 0.6 is 0 Å². The molecule has 0 atom stereocenters. The molecule has 0 rings (SSSR count). The molecule has 0 aliphatic rings. The third kappa shape index (κ3) is 3.54. The molecule has 0 aromatic heterocycles. The molecule has 1 heteroatoms. The van der Waals surface area contributed by atoms with Crippen molar-refractivity contribution in [2.75, 3.05) is 0 Å². The molecule has 0 amide bonds. The van der Waals surface area contributed by atoms with Crippen LogP contribution in [0.15, 0.2) is 12.3 Å². The lowest BCUT2D eigenvalue weighted by Gasteiger charge is -1.74. The predicted molar refractivity (Wildman–Crippen MR) is 23.3 cm³/mol. The summed E-state index contributed by atoms with van der Waals surface area (Å²) in [7, 11) is 3.34. The lowest BCUT2D eigenvalue weighted by Crippen LogP contribution is -1.84. The van der Waals surface area contributed by atoms with Crippen LogP contribution in [0.3, 0.4) is 0 Å². The van der Waals surface area contributed by atoms with E-state index in [2.05, 4.69) is 12.4 Å². The molecule has 0 fully saturated rings. The van der Waals surface area contributed by atoms with Crippen LogP contribution in [0.5, 0.6) is 0 Å². The number of hydrogen-bond acceptors (Lipinski definition) is 1. The van der Waals surface area contributed by atoms with Crippen LogP contribution in [-0.4, -0.2) is 0 Å².